The van der Waals surface area contributed by atoms with Crippen molar-refractivity contribution in [3.63, 3.8) is 0 Å². The van der Waals surface area contributed by atoms with Gasteiger partial charge in [0.15, 0.2) is 0 Å². The number of nitrogens with one attached hydrogen (secondary N) is 1. The number of benzene rings is 2. The number of amides is 1. The number of methoxy groups -OCH3 is 1. The zero-order chi connectivity index (χ0) is 21.1. The highest BCUT2D eigenvalue weighted by atomic mass is 35.5. The van der Waals surface area contributed by atoms with Crippen molar-refractivity contribution in [3.05, 3.63) is 59.1 Å². The Morgan fingerprint density at radius 2 is 1.75 bits per heavy atom. The maximum absolute atomic E-state index is 12.9. The topological polar surface area (TPSA) is 92.8 Å². The van der Waals surface area contributed by atoms with Crippen molar-refractivity contribution in [3.8, 4) is 0 Å². The number of halogens is 1. The van der Waals surface area contributed by atoms with Crippen LogP contribution in [0.1, 0.15) is 24.2 Å². The number of anilines is 1. The molecule has 0 unspecified atom stereocenters. The lowest BCUT2D eigenvalue weighted by Gasteiger charge is -2.23. The molecule has 0 aliphatic rings. The molecule has 2 aromatic rings. The van der Waals surface area contributed by atoms with Crippen LogP contribution in [0.25, 0.3) is 0 Å². The number of esters is 1. The second-order valence-corrected chi connectivity index (χ2v) is 8.96. The molecular weight excluding hydrogens is 404 g/mol. The standard InChI is InChI=1S/C19H21ClN2O5S/c1-19(2,18(24)27-4)21-17(23)13-7-5-10-16(11-13)28(25,26)22(3)15-9-6-8-14(20)12-15/h5-12H,1-4H3,(H,21,23). The van der Waals surface area contributed by atoms with E-state index in [9.17, 15) is 18.0 Å². The van der Waals surface area contributed by atoms with Crippen molar-refractivity contribution in [2.24, 2.45) is 0 Å². The fourth-order valence-electron chi connectivity index (χ4n) is 2.43. The highest BCUT2D eigenvalue weighted by Gasteiger charge is 2.31. The fraction of sp³-hybridized carbons (Fsp3) is 0.263. The van der Waals surface area contributed by atoms with Crippen LogP contribution in [-0.4, -0.2) is 40.0 Å². The van der Waals surface area contributed by atoms with Crippen LogP contribution in [0.2, 0.25) is 5.02 Å². The maximum atomic E-state index is 12.9. The average Bonchev–Trinajstić information content (AvgIpc) is 2.66. The first-order chi connectivity index (χ1) is 13.0. The lowest BCUT2D eigenvalue weighted by atomic mass is 10.1. The van der Waals surface area contributed by atoms with E-state index in [4.69, 9.17) is 11.6 Å². The lowest BCUT2D eigenvalue weighted by Crippen LogP contribution is -2.50. The third-order valence-electron chi connectivity index (χ3n) is 4.05. The van der Waals surface area contributed by atoms with Gasteiger partial charge in [0, 0.05) is 17.6 Å². The van der Waals surface area contributed by atoms with Crippen LogP contribution in [0.5, 0.6) is 0 Å². The molecule has 1 N–H and O–H groups in total. The van der Waals surface area contributed by atoms with Gasteiger partial charge in [-0.05, 0) is 50.2 Å². The first kappa shape index (κ1) is 21.7. The summed E-state index contributed by atoms with van der Waals surface area (Å²) in [6.45, 7) is 2.98. The minimum absolute atomic E-state index is 0.0708. The number of sulfonamides is 1. The van der Waals surface area contributed by atoms with E-state index in [0.717, 1.165) is 4.31 Å². The lowest BCUT2D eigenvalue weighted by molar-refractivity contribution is -0.146. The van der Waals surface area contributed by atoms with Crippen molar-refractivity contribution in [2.45, 2.75) is 24.3 Å². The number of hydrogen-bond acceptors (Lipinski definition) is 5. The third kappa shape index (κ3) is 4.63. The molecule has 0 aliphatic carbocycles. The first-order valence-corrected chi connectivity index (χ1v) is 10.1. The molecule has 0 saturated carbocycles. The maximum Gasteiger partial charge on any atom is 0.330 e. The molecule has 0 heterocycles. The zero-order valence-corrected chi connectivity index (χ0v) is 17.5. The number of nitrogens with zero attached hydrogens (tertiary/aromatic N) is 1. The van der Waals surface area contributed by atoms with Crippen LogP contribution >= 0.6 is 11.6 Å². The van der Waals surface area contributed by atoms with Gasteiger partial charge in [-0.25, -0.2) is 13.2 Å². The second-order valence-electron chi connectivity index (χ2n) is 6.55. The van der Waals surface area contributed by atoms with Gasteiger partial charge in [-0.1, -0.05) is 23.7 Å². The second kappa shape index (κ2) is 8.20. The Morgan fingerprint density at radius 1 is 1.11 bits per heavy atom. The average molecular weight is 425 g/mol. The van der Waals surface area contributed by atoms with E-state index in [2.05, 4.69) is 10.1 Å². The number of ether oxygens (including phenoxy) is 1. The van der Waals surface area contributed by atoms with Crippen molar-refractivity contribution in [2.75, 3.05) is 18.5 Å². The zero-order valence-electron chi connectivity index (χ0n) is 15.9. The molecule has 0 aromatic heterocycles. The van der Waals surface area contributed by atoms with Crippen LogP contribution in [0.4, 0.5) is 5.69 Å². The van der Waals surface area contributed by atoms with Crippen molar-refractivity contribution >= 4 is 39.2 Å². The largest absolute Gasteiger partial charge is 0.467 e. The first-order valence-electron chi connectivity index (χ1n) is 8.24. The molecule has 28 heavy (non-hydrogen) atoms. The predicted molar refractivity (Wildman–Crippen MR) is 107 cm³/mol. The molecule has 150 valence electrons. The van der Waals surface area contributed by atoms with E-state index in [0.29, 0.717) is 10.7 Å². The Hall–Kier alpha value is -2.58. The number of carbonyl (C=O) groups is 2. The van der Waals surface area contributed by atoms with Gasteiger partial charge >= 0.3 is 5.97 Å². The normalized spacial score (nSPS) is 11.6. The number of carbonyl (C=O) groups excluding carboxylic acids is 2. The van der Waals surface area contributed by atoms with Crippen molar-refractivity contribution in [1.29, 1.82) is 0 Å². The highest BCUT2D eigenvalue weighted by Crippen LogP contribution is 2.25. The Labute approximate surface area is 169 Å². The molecule has 7 nitrogen and oxygen atoms in total. The Balaban J connectivity index is 2.33. The molecule has 9 heteroatoms. The molecule has 0 aliphatic heterocycles. The predicted octanol–water partition coefficient (Wildman–Crippen LogP) is 2.85. The summed E-state index contributed by atoms with van der Waals surface area (Å²) in [6.07, 6.45) is 0. The van der Waals surface area contributed by atoms with Gasteiger partial charge in [0.05, 0.1) is 17.7 Å². The Morgan fingerprint density at radius 3 is 2.36 bits per heavy atom. The summed E-state index contributed by atoms with van der Waals surface area (Å²) in [5.74, 6) is -1.22. The summed E-state index contributed by atoms with van der Waals surface area (Å²) in [7, 11) is -1.31. The van der Waals surface area contributed by atoms with Crippen LogP contribution in [0.3, 0.4) is 0 Å². The van der Waals surface area contributed by atoms with E-state index in [1.165, 1.54) is 58.3 Å². The van der Waals surface area contributed by atoms with E-state index in [1.54, 1.807) is 18.2 Å². The molecule has 0 spiro atoms. The highest BCUT2D eigenvalue weighted by molar-refractivity contribution is 7.92. The molecule has 1 amide bonds. The van der Waals surface area contributed by atoms with Crippen molar-refractivity contribution in [1.82, 2.24) is 5.32 Å². The number of hydrogen-bond donors (Lipinski definition) is 1. The van der Waals surface area contributed by atoms with Gasteiger partial charge in [0.1, 0.15) is 5.54 Å². The van der Waals surface area contributed by atoms with E-state index >= 15 is 0 Å². The molecule has 0 bridgehead atoms. The smallest absolute Gasteiger partial charge is 0.330 e. The SMILES string of the molecule is COC(=O)C(C)(C)NC(=O)c1cccc(S(=O)(=O)N(C)c2cccc(Cl)c2)c1. The summed E-state index contributed by atoms with van der Waals surface area (Å²) in [4.78, 5) is 24.2. The van der Waals surface area contributed by atoms with Gasteiger partial charge in [0.25, 0.3) is 15.9 Å². The van der Waals surface area contributed by atoms with E-state index in [-0.39, 0.29) is 10.5 Å². The summed E-state index contributed by atoms with van der Waals surface area (Å²) in [6, 6.07) is 12.0. The van der Waals surface area contributed by atoms with Crippen LogP contribution in [0, 0.1) is 0 Å². The molecule has 0 atom stereocenters. The summed E-state index contributed by atoms with van der Waals surface area (Å²) in [5.41, 5.74) is -0.787. The quantitative estimate of drug-likeness (QED) is 0.720. The Bertz CT molecular complexity index is 1000. The molecular formula is C19H21ClN2O5S. The minimum atomic E-state index is -3.93. The fourth-order valence-corrected chi connectivity index (χ4v) is 3.85. The van der Waals surface area contributed by atoms with Gasteiger partial charge in [-0.15, -0.1) is 0 Å². The van der Waals surface area contributed by atoms with Crippen LogP contribution < -0.4 is 9.62 Å². The van der Waals surface area contributed by atoms with E-state index < -0.39 is 27.4 Å². The van der Waals surface area contributed by atoms with Crippen molar-refractivity contribution < 1.29 is 22.7 Å². The minimum Gasteiger partial charge on any atom is -0.467 e. The monoisotopic (exact) mass is 424 g/mol. The van der Waals surface area contributed by atoms with Crippen LogP contribution in [-0.2, 0) is 19.6 Å². The number of rotatable bonds is 6. The van der Waals surface area contributed by atoms with E-state index in [1.807, 2.05) is 0 Å². The van der Waals surface area contributed by atoms with Crippen LogP contribution in [0.15, 0.2) is 53.4 Å². The summed E-state index contributed by atoms with van der Waals surface area (Å²) in [5, 5.41) is 2.93. The van der Waals surface area contributed by atoms with Gasteiger partial charge in [-0.3, -0.25) is 9.10 Å². The molecule has 0 radical (unpaired) electrons. The summed E-state index contributed by atoms with van der Waals surface area (Å²) >= 11 is 5.94. The summed E-state index contributed by atoms with van der Waals surface area (Å²) < 4.78 is 31.6. The van der Waals surface area contributed by atoms with Gasteiger partial charge < -0.3 is 10.1 Å². The van der Waals surface area contributed by atoms with Gasteiger partial charge in [0.2, 0.25) is 0 Å². The molecule has 2 aromatic carbocycles. The molecule has 0 fully saturated rings. The molecule has 0 saturated heterocycles. The Kier molecular flexibility index (Phi) is 6.36. The molecule has 2 rings (SSSR count). The van der Waals surface area contributed by atoms with Gasteiger partial charge in [-0.2, -0.15) is 0 Å². The third-order valence-corrected chi connectivity index (χ3v) is 6.06.